The number of benzene rings is 1. The van der Waals surface area contributed by atoms with Gasteiger partial charge in [-0.3, -0.25) is 0 Å². The van der Waals surface area contributed by atoms with Crippen LogP contribution in [0.2, 0.25) is 0 Å². The van der Waals surface area contributed by atoms with Crippen molar-refractivity contribution in [3.8, 4) is 0 Å². The van der Waals surface area contributed by atoms with Crippen LogP contribution in [0.4, 0.5) is 0 Å². The topological polar surface area (TPSA) is 92.4 Å². The molecule has 0 fully saturated rings. The van der Waals surface area contributed by atoms with Crippen molar-refractivity contribution in [2.75, 3.05) is 12.3 Å². The average molecular weight is 389 g/mol. The number of carboxylic acid groups (broad SMARTS) is 1. The first-order valence-electron chi connectivity index (χ1n) is 6.87. The van der Waals surface area contributed by atoms with Gasteiger partial charge in [-0.1, -0.05) is 0 Å². The van der Waals surface area contributed by atoms with E-state index in [0.29, 0.717) is 12.3 Å². The fourth-order valence-electron chi connectivity index (χ4n) is 1.79. The molecule has 0 aliphatic rings. The van der Waals surface area contributed by atoms with E-state index in [-0.39, 0.29) is 25.2 Å². The number of carbonyl (C=O) groups excluding carboxylic acids is 1. The summed E-state index contributed by atoms with van der Waals surface area (Å²) >= 11 is 0.0647. The van der Waals surface area contributed by atoms with Crippen molar-refractivity contribution in [2.24, 2.45) is 5.73 Å². The molecule has 0 aromatic heterocycles. The maximum absolute atomic E-state index is 11.1. The first-order chi connectivity index (χ1) is 10.3. The van der Waals surface area contributed by atoms with E-state index < -0.39 is 12.0 Å². The predicted octanol–water partition coefficient (Wildman–Crippen LogP) is 0.490. The molecule has 4 N–H and O–H groups in total. The van der Waals surface area contributed by atoms with E-state index in [2.05, 4.69) is 31.3 Å². The van der Waals surface area contributed by atoms with E-state index in [1.807, 2.05) is 12.1 Å². The quantitative estimate of drug-likeness (QED) is 0.563. The van der Waals surface area contributed by atoms with Crippen molar-refractivity contribution in [1.29, 1.82) is 0 Å². The number of rotatable bonds is 8. The van der Waals surface area contributed by atoms with Crippen molar-refractivity contribution in [3.63, 3.8) is 0 Å². The zero-order valence-corrected chi connectivity index (χ0v) is 15.5. The van der Waals surface area contributed by atoms with Gasteiger partial charge in [0, 0.05) is 0 Å². The number of nitrogens with one attached hydrogen (secondary N) is 1. The van der Waals surface area contributed by atoms with Gasteiger partial charge in [0.2, 0.25) is 0 Å². The van der Waals surface area contributed by atoms with Crippen LogP contribution >= 0.6 is 10.2 Å². The first kappa shape index (κ1) is 19.0. The van der Waals surface area contributed by atoms with Gasteiger partial charge < -0.3 is 0 Å². The summed E-state index contributed by atoms with van der Waals surface area (Å²) in [6, 6.07) is 7.27. The van der Waals surface area contributed by atoms with Gasteiger partial charge in [0.15, 0.2) is 0 Å². The van der Waals surface area contributed by atoms with Gasteiger partial charge in [0.1, 0.15) is 0 Å². The molecule has 0 aliphatic carbocycles. The van der Waals surface area contributed by atoms with Crippen LogP contribution in [0.3, 0.4) is 0 Å². The molecular weight excluding hydrogens is 367 g/mol. The number of carbonyl (C=O) groups is 2. The second-order valence-corrected chi connectivity index (χ2v) is 9.73. The summed E-state index contributed by atoms with van der Waals surface area (Å²) in [5.41, 5.74) is 6.95. The number of aliphatic carboxylic acids is 1. The van der Waals surface area contributed by atoms with Crippen LogP contribution in [0, 0.1) is 0 Å². The Hall–Kier alpha value is -1.01. The van der Waals surface area contributed by atoms with Crippen LogP contribution in [0.5, 0.6) is 0 Å². The molecule has 1 amide bonds. The van der Waals surface area contributed by atoms with Crippen LogP contribution in [0.25, 0.3) is 0 Å². The average Bonchev–Trinajstić information content (AvgIpc) is 2.46. The zero-order valence-electron chi connectivity index (χ0n) is 13.0. The third-order valence-electron chi connectivity index (χ3n) is 3.19. The number of hydrogen-bond donors (Lipinski definition) is 3. The Labute approximate surface area is 140 Å². The Morgan fingerprint density at radius 3 is 2.59 bits per heavy atom. The molecule has 0 heterocycles. The minimum absolute atomic E-state index is 0.0647. The van der Waals surface area contributed by atoms with Crippen LogP contribution < -0.4 is 15.5 Å². The van der Waals surface area contributed by atoms with Crippen molar-refractivity contribution < 1.29 is 14.7 Å². The number of carboxylic acids is 1. The number of amides is 1. The summed E-state index contributed by atoms with van der Waals surface area (Å²) in [7, 11) is 1.55. The fraction of sp³-hybridized carbons (Fsp3) is 0.467. The van der Waals surface area contributed by atoms with Gasteiger partial charge in [0.05, 0.1) is 0 Å². The van der Waals surface area contributed by atoms with E-state index in [1.165, 1.54) is 16.9 Å². The molecule has 0 spiro atoms. The van der Waals surface area contributed by atoms with Crippen molar-refractivity contribution >= 4 is 40.4 Å². The fourth-order valence-corrected chi connectivity index (χ4v) is 6.38. The number of nitrogens with two attached hydrogens (primary N) is 1. The molecule has 0 saturated heterocycles. The van der Waals surface area contributed by atoms with Gasteiger partial charge in [-0.25, -0.2) is 0 Å². The Balaban J connectivity index is 2.72. The van der Waals surface area contributed by atoms with E-state index in [1.54, 1.807) is 10.2 Å². The molecule has 122 valence electrons. The van der Waals surface area contributed by atoms with Crippen molar-refractivity contribution in [3.05, 3.63) is 29.8 Å². The molecule has 5 nitrogen and oxygen atoms in total. The maximum atomic E-state index is 11.1. The van der Waals surface area contributed by atoms with Crippen LogP contribution in [0.1, 0.15) is 26.3 Å². The molecule has 1 rings (SSSR count). The molecule has 1 aromatic carbocycles. The monoisotopic (exact) mass is 390 g/mol. The standard InChI is InChI=1S/C15H22N2O3SSe/c1-10(18)17-12(14(19)20)8-21-22-13-7-5-4-6-11(13)15(2,3)9-16/h4-7,12H,8-9,16H2,1-3H3,(H,17,18)(H,19,20)/t12-/m0/s1. The summed E-state index contributed by atoms with van der Waals surface area (Å²) in [6.45, 7) is 6.08. The Morgan fingerprint density at radius 2 is 2.05 bits per heavy atom. The van der Waals surface area contributed by atoms with Crippen LogP contribution in [-0.4, -0.2) is 49.2 Å². The Morgan fingerprint density at radius 1 is 1.41 bits per heavy atom. The molecule has 0 saturated carbocycles. The van der Waals surface area contributed by atoms with Crippen LogP contribution in [0.15, 0.2) is 24.3 Å². The van der Waals surface area contributed by atoms with Gasteiger partial charge in [-0.15, -0.1) is 0 Å². The third-order valence-corrected chi connectivity index (χ3v) is 7.43. The second-order valence-electron chi connectivity index (χ2n) is 5.54. The Kier molecular flexibility index (Phi) is 7.42. The van der Waals surface area contributed by atoms with Crippen LogP contribution in [-0.2, 0) is 15.0 Å². The predicted molar refractivity (Wildman–Crippen MR) is 91.6 cm³/mol. The molecule has 1 aromatic rings. The van der Waals surface area contributed by atoms with E-state index in [9.17, 15) is 9.59 Å². The molecule has 7 heteroatoms. The summed E-state index contributed by atoms with van der Waals surface area (Å²) in [6.07, 6.45) is 0. The molecule has 0 bridgehead atoms. The van der Waals surface area contributed by atoms with Gasteiger partial charge in [0.25, 0.3) is 0 Å². The number of hydrogen-bond acceptors (Lipinski definition) is 4. The van der Waals surface area contributed by atoms with Crippen molar-refractivity contribution in [1.82, 2.24) is 5.32 Å². The van der Waals surface area contributed by atoms with E-state index >= 15 is 0 Å². The zero-order chi connectivity index (χ0) is 16.8. The SMILES string of the molecule is CC(=O)N[C@@H](CS[Se]c1ccccc1C(C)(C)CN)C(=O)O. The van der Waals surface area contributed by atoms with Crippen molar-refractivity contribution in [2.45, 2.75) is 32.2 Å². The molecule has 0 radical (unpaired) electrons. The normalized spacial score (nSPS) is 12.7. The van der Waals surface area contributed by atoms with Gasteiger partial charge in [-0.2, -0.15) is 0 Å². The summed E-state index contributed by atoms with van der Waals surface area (Å²) in [5, 5.41) is 11.6. The molecule has 0 aliphatic heterocycles. The minimum atomic E-state index is -1.01. The van der Waals surface area contributed by atoms with E-state index in [4.69, 9.17) is 10.8 Å². The van der Waals surface area contributed by atoms with Gasteiger partial charge >= 0.3 is 140 Å². The van der Waals surface area contributed by atoms with Gasteiger partial charge in [-0.05, 0) is 0 Å². The molecular formula is C15H22N2O3SSe. The first-order valence-corrected chi connectivity index (χ1v) is 10.7. The molecule has 22 heavy (non-hydrogen) atoms. The molecule has 0 unspecified atom stereocenters. The summed E-state index contributed by atoms with van der Waals surface area (Å²) in [5.74, 6) is -0.981. The third kappa shape index (κ3) is 5.65. The summed E-state index contributed by atoms with van der Waals surface area (Å²) in [4.78, 5) is 22.1. The molecule has 1 atom stereocenters. The summed E-state index contributed by atoms with van der Waals surface area (Å²) < 4.78 is 1.21. The Bertz CT molecular complexity index is 537. The van der Waals surface area contributed by atoms with E-state index in [0.717, 1.165) is 0 Å². The second kappa shape index (κ2) is 8.58.